The second-order valence-electron chi connectivity index (χ2n) is 8.37. The summed E-state index contributed by atoms with van der Waals surface area (Å²) in [5.41, 5.74) is 0.208. The number of amides is 1. The topological polar surface area (TPSA) is 78.5 Å². The van der Waals surface area contributed by atoms with Gasteiger partial charge >= 0.3 is 6.18 Å². The summed E-state index contributed by atoms with van der Waals surface area (Å²) in [6.07, 6.45) is -1.13. The number of alkyl halides is 3. The number of sulfonamides is 1. The lowest BCUT2D eigenvalue weighted by Gasteiger charge is -2.28. The molecule has 0 unspecified atom stereocenters. The van der Waals surface area contributed by atoms with Crippen LogP contribution in [0.1, 0.15) is 35.2 Å². The number of rotatable bonds is 6. The Balaban J connectivity index is 1.51. The number of halogens is 4. The Labute approximate surface area is 212 Å². The zero-order valence-corrected chi connectivity index (χ0v) is 20.6. The standard InChI is InChI=1S/C25H23ClF3N3O3S/c26-23-12-11-21(36(34,35)31-19-6-4-5-17(15-19)25(27,28)29)16-22(23)24(33)30-18-7-9-20(10-8-18)32-13-2-1-3-14-32/h4-12,15-16,31H,1-3,13-14H2,(H,30,33). The van der Waals surface area contributed by atoms with Crippen molar-refractivity contribution in [2.45, 2.75) is 30.3 Å². The van der Waals surface area contributed by atoms with E-state index in [9.17, 15) is 26.4 Å². The van der Waals surface area contributed by atoms with Crippen LogP contribution >= 0.6 is 11.6 Å². The number of nitrogens with one attached hydrogen (secondary N) is 2. The molecule has 0 bridgehead atoms. The average molecular weight is 538 g/mol. The maximum absolute atomic E-state index is 13.0. The van der Waals surface area contributed by atoms with E-state index in [1.54, 1.807) is 12.1 Å². The van der Waals surface area contributed by atoms with Gasteiger partial charge in [-0.3, -0.25) is 9.52 Å². The van der Waals surface area contributed by atoms with Crippen LogP contribution in [0, 0.1) is 0 Å². The Kier molecular flexibility index (Phi) is 7.46. The summed E-state index contributed by atoms with van der Waals surface area (Å²) in [7, 11) is -4.30. The molecule has 1 saturated heterocycles. The van der Waals surface area contributed by atoms with Gasteiger partial charge in [0.2, 0.25) is 0 Å². The van der Waals surface area contributed by atoms with Gasteiger partial charge in [0, 0.05) is 30.2 Å². The molecule has 0 radical (unpaired) electrons. The van der Waals surface area contributed by atoms with Crippen molar-refractivity contribution in [2.24, 2.45) is 0 Å². The minimum atomic E-state index is -4.63. The van der Waals surface area contributed by atoms with Crippen molar-refractivity contribution in [2.75, 3.05) is 28.0 Å². The van der Waals surface area contributed by atoms with Gasteiger partial charge in [0.1, 0.15) is 0 Å². The van der Waals surface area contributed by atoms with Crippen molar-refractivity contribution < 1.29 is 26.4 Å². The Morgan fingerprint density at radius 3 is 2.25 bits per heavy atom. The first-order valence-electron chi connectivity index (χ1n) is 11.2. The molecule has 2 N–H and O–H groups in total. The van der Waals surface area contributed by atoms with E-state index in [1.165, 1.54) is 24.6 Å². The van der Waals surface area contributed by atoms with Gasteiger partial charge in [-0.2, -0.15) is 13.2 Å². The zero-order chi connectivity index (χ0) is 25.9. The van der Waals surface area contributed by atoms with Gasteiger partial charge in [-0.15, -0.1) is 0 Å². The van der Waals surface area contributed by atoms with Gasteiger partial charge in [-0.25, -0.2) is 8.42 Å². The van der Waals surface area contributed by atoms with Crippen LogP contribution in [0.4, 0.5) is 30.2 Å². The molecule has 36 heavy (non-hydrogen) atoms. The fourth-order valence-electron chi connectivity index (χ4n) is 3.92. The summed E-state index contributed by atoms with van der Waals surface area (Å²) in [4.78, 5) is 14.8. The Bertz CT molecular complexity index is 1360. The molecule has 1 aliphatic rings. The molecule has 0 aliphatic carbocycles. The van der Waals surface area contributed by atoms with Crippen molar-refractivity contribution >= 4 is 44.6 Å². The molecule has 0 saturated carbocycles. The first kappa shape index (κ1) is 25.8. The molecule has 3 aromatic carbocycles. The van der Waals surface area contributed by atoms with Crippen molar-refractivity contribution in [3.63, 3.8) is 0 Å². The van der Waals surface area contributed by atoms with Gasteiger partial charge < -0.3 is 10.2 Å². The summed E-state index contributed by atoms with van der Waals surface area (Å²) >= 11 is 6.16. The highest BCUT2D eigenvalue weighted by atomic mass is 35.5. The number of nitrogens with zero attached hydrogens (tertiary/aromatic N) is 1. The normalized spacial score (nSPS) is 14.4. The van der Waals surface area contributed by atoms with E-state index < -0.39 is 27.7 Å². The van der Waals surface area contributed by atoms with E-state index in [1.807, 2.05) is 12.1 Å². The maximum Gasteiger partial charge on any atom is 0.416 e. The number of anilines is 3. The molecule has 4 rings (SSSR count). The van der Waals surface area contributed by atoms with E-state index >= 15 is 0 Å². The highest BCUT2D eigenvalue weighted by Crippen LogP contribution is 2.31. The van der Waals surface area contributed by atoms with E-state index in [4.69, 9.17) is 11.6 Å². The molecule has 1 heterocycles. The minimum absolute atomic E-state index is 0.0236. The number of benzene rings is 3. The van der Waals surface area contributed by atoms with E-state index in [0.717, 1.165) is 49.8 Å². The van der Waals surface area contributed by atoms with Crippen LogP contribution < -0.4 is 14.9 Å². The molecule has 0 aromatic heterocycles. The summed E-state index contributed by atoms with van der Waals surface area (Å²) < 4.78 is 66.7. The van der Waals surface area contributed by atoms with Crippen LogP contribution in [0.2, 0.25) is 5.02 Å². The lowest BCUT2D eigenvalue weighted by atomic mass is 10.1. The molecule has 6 nitrogen and oxygen atoms in total. The third-order valence-electron chi connectivity index (χ3n) is 5.78. The van der Waals surface area contributed by atoms with Crippen LogP contribution in [0.3, 0.4) is 0 Å². The van der Waals surface area contributed by atoms with Crippen molar-refractivity contribution in [3.8, 4) is 0 Å². The SMILES string of the molecule is O=C(Nc1ccc(N2CCCCC2)cc1)c1cc(S(=O)(=O)Nc2cccc(C(F)(F)F)c2)ccc1Cl. The third-order valence-corrected chi connectivity index (χ3v) is 7.49. The first-order valence-corrected chi connectivity index (χ1v) is 13.0. The van der Waals surface area contributed by atoms with Gasteiger partial charge in [-0.05, 0) is 79.9 Å². The van der Waals surface area contributed by atoms with Crippen molar-refractivity contribution in [3.05, 3.63) is 82.9 Å². The largest absolute Gasteiger partial charge is 0.416 e. The molecule has 3 aromatic rings. The molecule has 0 spiro atoms. The average Bonchev–Trinajstić information content (AvgIpc) is 2.84. The molecular formula is C25H23ClF3N3O3S. The monoisotopic (exact) mass is 537 g/mol. The van der Waals surface area contributed by atoms with Crippen LogP contribution in [-0.4, -0.2) is 27.4 Å². The quantitative estimate of drug-likeness (QED) is 0.381. The minimum Gasteiger partial charge on any atom is -0.372 e. The lowest BCUT2D eigenvalue weighted by molar-refractivity contribution is -0.137. The van der Waals surface area contributed by atoms with Gasteiger partial charge in [0.05, 0.1) is 21.0 Å². The zero-order valence-electron chi connectivity index (χ0n) is 19.0. The van der Waals surface area contributed by atoms with Gasteiger partial charge in [0.15, 0.2) is 0 Å². The second-order valence-corrected chi connectivity index (χ2v) is 10.5. The third kappa shape index (κ3) is 6.11. The molecule has 1 fully saturated rings. The summed E-state index contributed by atoms with van der Waals surface area (Å²) in [5.74, 6) is -0.623. The van der Waals surface area contributed by atoms with E-state index in [0.29, 0.717) is 11.8 Å². The second kappa shape index (κ2) is 10.4. The van der Waals surface area contributed by atoms with E-state index in [2.05, 4.69) is 14.9 Å². The number of hydrogen-bond acceptors (Lipinski definition) is 4. The lowest BCUT2D eigenvalue weighted by Crippen LogP contribution is -2.29. The van der Waals surface area contributed by atoms with E-state index in [-0.39, 0.29) is 21.2 Å². The van der Waals surface area contributed by atoms with Crippen molar-refractivity contribution in [1.82, 2.24) is 0 Å². The highest BCUT2D eigenvalue weighted by Gasteiger charge is 2.31. The van der Waals surface area contributed by atoms with Gasteiger partial charge in [0.25, 0.3) is 15.9 Å². The predicted molar refractivity (Wildman–Crippen MR) is 134 cm³/mol. The number of piperidine rings is 1. The van der Waals surface area contributed by atoms with Crippen LogP contribution in [-0.2, 0) is 16.2 Å². The van der Waals surface area contributed by atoms with Crippen molar-refractivity contribution in [1.29, 1.82) is 0 Å². The number of carbonyl (C=O) groups is 1. The van der Waals surface area contributed by atoms with Crippen LogP contribution in [0.15, 0.2) is 71.6 Å². The van der Waals surface area contributed by atoms with Crippen LogP contribution in [0.5, 0.6) is 0 Å². The highest BCUT2D eigenvalue weighted by molar-refractivity contribution is 7.92. The summed E-state index contributed by atoms with van der Waals surface area (Å²) in [5, 5.41) is 2.72. The maximum atomic E-state index is 13.0. The Hall–Kier alpha value is -3.24. The number of hydrogen-bond donors (Lipinski definition) is 2. The fraction of sp³-hybridized carbons (Fsp3) is 0.240. The summed E-state index contributed by atoms with van der Waals surface area (Å²) in [6, 6.07) is 14.6. The van der Waals surface area contributed by atoms with Crippen LogP contribution in [0.25, 0.3) is 0 Å². The fourth-order valence-corrected chi connectivity index (χ4v) is 5.20. The Morgan fingerprint density at radius 1 is 0.889 bits per heavy atom. The smallest absolute Gasteiger partial charge is 0.372 e. The Morgan fingerprint density at radius 2 is 1.58 bits per heavy atom. The predicted octanol–water partition coefficient (Wildman–Crippen LogP) is 6.40. The molecule has 0 atom stereocenters. The summed E-state index contributed by atoms with van der Waals surface area (Å²) in [6.45, 7) is 1.97. The van der Waals surface area contributed by atoms with Gasteiger partial charge in [-0.1, -0.05) is 17.7 Å². The molecule has 1 amide bonds. The first-order chi connectivity index (χ1) is 17.0. The molecule has 1 aliphatic heterocycles. The molecular weight excluding hydrogens is 515 g/mol. The molecule has 11 heteroatoms. The molecule has 190 valence electrons. The number of carbonyl (C=O) groups excluding carboxylic acids is 1.